The topological polar surface area (TPSA) is 56.5 Å². The number of nitrogens with zero attached hydrogens (tertiary/aromatic N) is 2. The van der Waals surface area contributed by atoms with Crippen LogP contribution in [0.2, 0.25) is 0 Å². The average Bonchev–Trinajstić information content (AvgIpc) is 3.04. The zero-order valence-corrected chi connectivity index (χ0v) is 12.4. The second-order valence-electron chi connectivity index (χ2n) is 4.71. The van der Waals surface area contributed by atoms with E-state index in [-0.39, 0.29) is 5.75 Å². The molecule has 0 unspecified atom stereocenters. The quantitative estimate of drug-likeness (QED) is 0.803. The minimum atomic E-state index is 0.148. The minimum Gasteiger partial charge on any atom is -0.507 e. The molecule has 5 nitrogen and oxygen atoms in total. The van der Waals surface area contributed by atoms with Gasteiger partial charge in [0.1, 0.15) is 17.2 Å². The molecule has 1 heterocycles. The van der Waals surface area contributed by atoms with Crippen molar-refractivity contribution in [3.63, 3.8) is 0 Å². The number of benzene rings is 2. The molecule has 0 fully saturated rings. The first kappa shape index (κ1) is 14.0. The maximum absolute atomic E-state index is 10.2. The molecule has 0 aliphatic rings. The van der Waals surface area contributed by atoms with Gasteiger partial charge in [0, 0.05) is 11.6 Å². The van der Waals surface area contributed by atoms with E-state index in [0.717, 1.165) is 17.1 Å². The van der Waals surface area contributed by atoms with Gasteiger partial charge in [-0.2, -0.15) is 5.10 Å². The predicted molar refractivity (Wildman–Crippen MR) is 83.8 cm³/mol. The smallest absolute Gasteiger partial charge is 0.128 e. The molecule has 0 bridgehead atoms. The Kier molecular flexibility index (Phi) is 3.70. The summed E-state index contributed by atoms with van der Waals surface area (Å²) in [6.07, 6.45) is 1.70. The molecule has 5 heteroatoms. The number of ether oxygens (including phenoxy) is 2. The third kappa shape index (κ3) is 2.48. The fourth-order valence-electron chi connectivity index (χ4n) is 2.29. The molecule has 0 atom stereocenters. The van der Waals surface area contributed by atoms with Crippen LogP contribution in [0.1, 0.15) is 0 Å². The van der Waals surface area contributed by atoms with E-state index in [0.29, 0.717) is 11.3 Å². The normalized spacial score (nSPS) is 10.5. The number of hydrogen-bond acceptors (Lipinski definition) is 4. The minimum absolute atomic E-state index is 0.148. The van der Waals surface area contributed by atoms with Gasteiger partial charge in [0.15, 0.2) is 0 Å². The fourth-order valence-corrected chi connectivity index (χ4v) is 2.29. The molecular formula is C17H16N2O3. The summed E-state index contributed by atoms with van der Waals surface area (Å²) in [6.45, 7) is 0. The number of aromatic hydroxyl groups is 1. The molecule has 22 heavy (non-hydrogen) atoms. The number of aromatic nitrogens is 2. The van der Waals surface area contributed by atoms with Crippen molar-refractivity contribution >= 4 is 0 Å². The number of phenols is 1. The highest BCUT2D eigenvalue weighted by atomic mass is 16.5. The maximum atomic E-state index is 10.2. The molecular weight excluding hydrogens is 280 g/mol. The van der Waals surface area contributed by atoms with Gasteiger partial charge < -0.3 is 14.6 Å². The van der Waals surface area contributed by atoms with Crippen LogP contribution in [-0.2, 0) is 0 Å². The van der Waals surface area contributed by atoms with Gasteiger partial charge >= 0.3 is 0 Å². The Labute approximate surface area is 128 Å². The summed E-state index contributed by atoms with van der Waals surface area (Å²) in [4.78, 5) is 0. The van der Waals surface area contributed by atoms with E-state index in [4.69, 9.17) is 9.47 Å². The monoisotopic (exact) mass is 296 g/mol. The van der Waals surface area contributed by atoms with E-state index in [2.05, 4.69) is 5.10 Å². The number of rotatable bonds is 4. The van der Waals surface area contributed by atoms with Gasteiger partial charge in [-0.05, 0) is 42.5 Å². The third-order valence-electron chi connectivity index (χ3n) is 3.44. The Morgan fingerprint density at radius 1 is 0.909 bits per heavy atom. The van der Waals surface area contributed by atoms with Crippen molar-refractivity contribution in [3.05, 3.63) is 54.7 Å². The maximum Gasteiger partial charge on any atom is 0.128 e. The van der Waals surface area contributed by atoms with E-state index in [1.807, 2.05) is 36.4 Å². The SMILES string of the molecule is COc1ccc(-n2nccc2-c2ccc(OC)cc2O)cc1. The summed E-state index contributed by atoms with van der Waals surface area (Å²) in [5, 5.41) is 14.5. The zero-order valence-electron chi connectivity index (χ0n) is 12.4. The highest BCUT2D eigenvalue weighted by Crippen LogP contribution is 2.33. The van der Waals surface area contributed by atoms with Crippen LogP contribution in [0.15, 0.2) is 54.7 Å². The molecule has 3 rings (SSSR count). The summed E-state index contributed by atoms with van der Waals surface area (Å²) >= 11 is 0. The highest BCUT2D eigenvalue weighted by Gasteiger charge is 2.12. The van der Waals surface area contributed by atoms with Gasteiger partial charge in [0.05, 0.1) is 31.8 Å². The highest BCUT2D eigenvalue weighted by molar-refractivity contribution is 5.69. The molecule has 112 valence electrons. The summed E-state index contributed by atoms with van der Waals surface area (Å²) < 4.78 is 12.0. The number of methoxy groups -OCH3 is 2. The molecule has 1 aromatic heterocycles. The van der Waals surface area contributed by atoms with Crippen molar-refractivity contribution in [2.45, 2.75) is 0 Å². The molecule has 0 radical (unpaired) electrons. The van der Waals surface area contributed by atoms with E-state index >= 15 is 0 Å². The van der Waals surface area contributed by atoms with Gasteiger partial charge in [0.2, 0.25) is 0 Å². The largest absolute Gasteiger partial charge is 0.507 e. The number of hydrogen-bond donors (Lipinski definition) is 1. The second kappa shape index (κ2) is 5.81. The predicted octanol–water partition coefficient (Wildman–Crippen LogP) is 3.26. The second-order valence-corrected chi connectivity index (χ2v) is 4.71. The number of phenolic OH excluding ortho intramolecular Hbond substituents is 1. The molecule has 1 N–H and O–H groups in total. The lowest BCUT2D eigenvalue weighted by atomic mass is 10.1. The summed E-state index contributed by atoms with van der Waals surface area (Å²) in [6, 6.07) is 14.6. The Bertz CT molecular complexity index is 779. The van der Waals surface area contributed by atoms with Gasteiger partial charge in [-0.3, -0.25) is 0 Å². The molecule has 0 aliphatic heterocycles. The molecule has 0 spiro atoms. The molecule has 2 aromatic carbocycles. The van der Waals surface area contributed by atoms with E-state index in [1.165, 1.54) is 0 Å². The van der Waals surface area contributed by atoms with Gasteiger partial charge in [-0.15, -0.1) is 0 Å². The molecule has 0 saturated carbocycles. The average molecular weight is 296 g/mol. The van der Waals surface area contributed by atoms with Crippen molar-refractivity contribution in [2.75, 3.05) is 14.2 Å². The molecule has 0 amide bonds. The van der Waals surface area contributed by atoms with Crippen molar-refractivity contribution in [1.29, 1.82) is 0 Å². The Morgan fingerprint density at radius 2 is 1.59 bits per heavy atom. The van der Waals surface area contributed by atoms with E-state index < -0.39 is 0 Å². The van der Waals surface area contributed by atoms with Crippen molar-refractivity contribution in [1.82, 2.24) is 9.78 Å². The summed E-state index contributed by atoms with van der Waals surface area (Å²) in [5.74, 6) is 1.54. The van der Waals surface area contributed by atoms with Crippen LogP contribution in [0.4, 0.5) is 0 Å². The van der Waals surface area contributed by atoms with Gasteiger partial charge in [-0.25, -0.2) is 4.68 Å². The van der Waals surface area contributed by atoms with Gasteiger partial charge in [-0.1, -0.05) is 0 Å². The van der Waals surface area contributed by atoms with Crippen LogP contribution < -0.4 is 9.47 Å². The Morgan fingerprint density at radius 3 is 2.23 bits per heavy atom. The molecule has 3 aromatic rings. The van der Waals surface area contributed by atoms with E-state index in [9.17, 15) is 5.11 Å². The molecule has 0 aliphatic carbocycles. The fraction of sp³-hybridized carbons (Fsp3) is 0.118. The van der Waals surface area contributed by atoms with Crippen LogP contribution in [0.25, 0.3) is 16.9 Å². The van der Waals surface area contributed by atoms with Crippen molar-refractivity contribution in [3.8, 4) is 34.2 Å². The van der Waals surface area contributed by atoms with E-state index in [1.54, 1.807) is 37.2 Å². The Balaban J connectivity index is 2.04. The first-order valence-corrected chi connectivity index (χ1v) is 6.79. The van der Waals surface area contributed by atoms with Crippen LogP contribution in [0, 0.1) is 0 Å². The van der Waals surface area contributed by atoms with Gasteiger partial charge in [0.25, 0.3) is 0 Å². The lowest BCUT2D eigenvalue weighted by Crippen LogP contribution is -1.99. The van der Waals surface area contributed by atoms with Crippen molar-refractivity contribution < 1.29 is 14.6 Å². The lowest BCUT2D eigenvalue weighted by Gasteiger charge is -2.10. The van der Waals surface area contributed by atoms with Crippen molar-refractivity contribution in [2.24, 2.45) is 0 Å². The standard InChI is InChI=1S/C17H16N2O3/c1-21-13-5-3-12(4-6-13)19-16(9-10-18-19)15-8-7-14(22-2)11-17(15)20/h3-11,20H,1-2H3. The first-order chi connectivity index (χ1) is 10.7. The third-order valence-corrected chi connectivity index (χ3v) is 3.44. The van der Waals surface area contributed by atoms with Crippen LogP contribution >= 0.6 is 0 Å². The van der Waals surface area contributed by atoms with Crippen LogP contribution in [0.5, 0.6) is 17.2 Å². The zero-order chi connectivity index (χ0) is 15.5. The van der Waals surface area contributed by atoms with Crippen LogP contribution in [-0.4, -0.2) is 29.1 Å². The van der Waals surface area contributed by atoms with Crippen LogP contribution in [0.3, 0.4) is 0 Å². The first-order valence-electron chi connectivity index (χ1n) is 6.79. The lowest BCUT2D eigenvalue weighted by molar-refractivity contribution is 0.408. The Hall–Kier alpha value is -2.95. The summed E-state index contributed by atoms with van der Waals surface area (Å²) in [7, 11) is 3.19. The molecule has 0 saturated heterocycles. The summed E-state index contributed by atoms with van der Waals surface area (Å²) in [5.41, 5.74) is 2.37.